The number of nitrogen functional groups attached to an aromatic ring is 1. The van der Waals surface area contributed by atoms with E-state index in [4.69, 9.17) is 11.5 Å². The lowest BCUT2D eigenvalue weighted by atomic mass is 10.1. The zero-order valence-corrected chi connectivity index (χ0v) is 7.25. The molecular weight excluding hydrogens is 154 g/mol. The van der Waals surface area contributed by atoms with Gasteiger partial charge in [-0.2, -0.15) is 4.98 Å². The first-order valence-corrected chi connectivity index (χ1v) is 4.17. The lowest BCUT2D eigenvalue weighted by molar-refractivity contribution is 0.577. The zero-order valence-electron chi connectivity index (χ0n) is 7.25. The third kappa shape index (κ3) is 2.20. The van der Waals surface area contributed by atoms with Crippen LogP contribution in [-0.4, -0.2) is 15.2 Å². The number of unbranched alkanes of at least 4 members (excludes halogenated alkanes) is 1. The summed E-state index contributed by atoms with van der Waals surface area (Å²) in [6, 6.07) is -0.0604. The molecule has 5 N–H and O–H groups in total. The summed E-state index contributed by atoms with van der Waals surface area (Å²) in [5, 5.41) is 6.41. The molecule has 5 heteroatoms. The highest BCUT2D eigenvalue weighted by molar-refractivity contribution is 5.13. The molecule has 0 unspecified atom stereocenters. The van der Waals surface area contributed by atoms with Gasteiger partial charge in [-0.05, 0) is 6.42 Å². The molecule has 0 aromatic carbocycles. The molecule has 0 saturated carbocycles. The summed E-state index contributed by atoms with van der Waals surface area (Å²) in [5.74, 6) is 0.942. The average molecular weight is 169 g/mol. The third-order valence-electron chi connectivity index (χ3n) is 1.74. The number of aromatic nitrogens is 3. The summed E-state index contributed by atoms with van der Waals surface area (Å²) >= 11 is 0. The van der Waals surface area contributed by atoms with E-state index in [1.807, 2.05) is 0 Å². The minimum atomic E-state index is -0.0604. The lowest BCUT2D eigenvalue weighted by Gasteiger charge is -2.05. The van der Waals surface area contributed by atoms with Crippen molar-refractivity contribution in [3.8, 4) is 0 Å². The Bertz CT molecular complexity index is 231. The average Bonchev–Trinajstić information content (AvgIpc) is 2.47. The lowest BCUT2D eigenvalue weighted by Crippen LogP contribution is -2.11. The molecule has 5 nitrogen and oxygen atoms in total. The van der Waals surface area contributed by atoms with Crippen LogP contribution < -0.4 is 11.5 Å². The number of nitrogens with zero attached hydrogens (tertiary/aromatic N) is 2. The van der Waals surface area contributed by atoms with Gasteiger partial charge in [0.25, 0.3) is 0 Å². The van der Waals surface area contributed by atoms with Crippen molar-refractivity contribution in [2.24, 2.45) is 5.73 Å². The van der Waals surface area contributed by atoms with Gasteiger partial charge in [0.05, 0.1) is 6.04 Å². The van der Waals surface area contributed by atoms with E-state index in [-0.39, 0.29) is 12.0 Å². The van der Waals surface area contributed by atoms with E-state index in [0.717, 1.165) is 19.3 Å². The highest BCUT2D eigenvalue weighted by Crippen LogP contribution is 2.12. The van der Waals surface area contributed by atoms with E-state index in [9.17, 15) is 0 Å². The Kier molecular flexibility index (Phi) is 3.04. The van der Waals surface area contributed by atoms with Crippen LogP contribution >= 0.6 is 0 Å². The molecule has 0 radical (unpaired) electrons. The fraction of sp³-hybridized carbons (Fsp3) is 0.714. The highest BCUT2D eigenvalue weighted by atomic mass is 15.3. The van der Waals surface area contributed by atoms with Gasteiger partial charge in [-0.15, -0.1) is 5.10 Å². The Morgan fingerprint density at radius 3 is 2.83 bits per heavy atom. The van der Waals surface area contributed by atoms with Crippen molar-refractivity contribution >= 4 is 5.95 Å². The highest BCUT2D eigenvalue weighted by Gasteiger charge is 2.08. The molecule has 68 valence electrons. The van der Waals surface area contributed by atoms with Gasteiger partial charge in [0.2, 0.25) is 5.95 Å². The van der Waals surface area contributed by atoms with Gasteiger partial charge in [0.1, 0.15) is 5.82 Å². The van der Waals surface area contributed by atoms with Gasteiger partial charge in [-0.3, -0.25) is 5.10 Å². The van der Waals surface area contributed by atoms with Gasteiger partial charge in [-0.1, -0.05) is 19.8 Å². The largest absolute Gasteiger partial charge is 0.367 e. The summed E-state index contributed by atoms with van der Waals surface area (Å²) in [6.45, 7) is 2.13. The van der Waals surface area contributed by atoms with Crippen LogP contribution in [0.3, 0.4) is 0 Å². The van der Waals surface area contributed by atoms with Crippen molar-refractivity contribution in [3.63, 3.8) is 0 Å². The first-order chi connectivity index (χ1) is 5.74. The predicted molar refractivity (Wildman–Crippen MR) is 47.2 cm³/mol. The van der Waals surface area contributed by atoms with Crippen molar-refractivity contribution in [2.45, 2.75) is 32.2 Å². The van der Waals surface area contributed by atoms with Gasteiger partial charge in [0, 0.05) is 0 Å². The molecule has 0 spiro atoms. The van der Waals surface area contributed by atoms with Crippen LogP contribution in [0.1, 0.15) is 38.1 Å². The Hall–Kier alpha value is -1.10. The van der Waals surface area contributed by atoms with Crippen LogP contribution in [0, 0.1) is 0 Å². The number of nitrogens with two attached hydrogens (primary N) is 2. The minimum Gasteiger partial charge on any atom is -0.367 e. The van der Waals surface area contributed by atoms with Crippen molar-refractivity contribution < 1.29 is 0 Å². The number of hydrogen-bond donors (Lipinski definition) is 3. The molecule has 0 amide bonds. The van der Waals surface area contributed by atoms with Crippen LogP contribution in [0.4, 0.5) is 5.95 Å². The van der Waals surface area contributed by atoms with E-state index >= 15 is 0 Å². The quantitative estimate of drug-likeness (QED) is 0.614. The van der Waals surface area contributed by atoms with Crippen molar-refractivity contribution in [2.75, 3.05) is 5.73 Å². The molecule has 1 aromatic rings. The molecule has 1 atom stereocenters. The van der Waals surface area contributed by atoms with E-state index < -0.39 is 0 Å². The smallest absolute Gasteiger partial charge is 0.239 e. The summed E-state index contributed by atoms with van der Waals surface area (Å²) in [7, 11) is 0. The van der Waals surface area contributed by atoms with Crippen molar-refractivity contribution in [3.05, 3.63) is 5.82 Å². The van der Waals surface area contributed by atoms with Crippen LogP contribution in [0.2, 0.25) is 0 Å². The second-order valence-corrected chi connectivity index (χ2v) is 2.83. The minimum absolute atomic E-state index is 0.0604. The van der Waals surface area contributed by atoms with E-state index in [2.05, 4.69) is 22.1 Å². The Labute approximate surface area is 71.6 Å². The summed E-state index contributed by atoms with van der Waals surface area (Å²) in [4.78, 5) is 3.95. The van der Waals surface area contributed by atoms with E-state index in [1.54, 1.807) is 0 Å². The fourth-order valence-electron chi connectivity index (χ4n) is 1.01. The second-order valence-electron chi connectivity index (χ2n) is 2.83. The monoisotopic (exact) mass is 169 g/mol. The van der Waals surface area contributed by atoms with Crippen molar-refractivity contribution in [1.29, 1.82) is 0 Å². The fourth-order valence-corrected chi connectivity index (χ4v) is 1.01. The SMILES string of the molecule is CCCC[C@H](N)c1nc(N)n[nH]1. The summed E-state index contributed by atoms with van der Waals surface area (Å²) in [6.07, 6.45) is 3.16. The maximum atomic E-state index is 5.81. The molecule has 0 bridgehead atoms. The van der Waals surface area contributed by atoms with E-state index in [0.29, 0.717) is 5.82 Å². The predicted octanol–water partition coefficient (Wildman–Crippen LogP) is 0.577. The van der Waals surface area contributed by atoms with Crippen LogP contribution in [0.25, 0.3) is 0 Å². The Balaban J connectivity index is 2.47. The number of hydrogen-bond acceptors (Lipinski definition) is 4. The maximum absolute atomic E-state index is 5.81. The van der Waals surface area contributed by atoms with Crippen LogP contribution in [-0.2, 0) is 0 Å². The normalized spacial score (nSPS) is 13.2. The molecule has 0 aliphatic carbocycles. The molecule has 0 aliphatic rings. The third-order valence-corrected chi connectivity index (χ3v) is 1.74. The van der Waals surface area contributed by atoms with Gasteiger partial charge in [-0.25, -0.2) is 0 Å². The topological polar surface area (TPSA) is 93.6 Å². The zero-order chi connectivity index (χ0) is 8.97. The molecule has 1 aromatic heterocycles. The number of nitrogens with one attached hydrogen (secondary N) is 1. The first-order valence-electron chi connectivity index (χ1n) is 4.17. The number of anilines is 1. The van der Waals surface area contributed by atoms with Gasteiger partial charge < -0.3 is 11.5 Å². The maximum Gasteiger partial charge on any atom is 0.239 e. The van der Waals surface area contributed by atoms with Crippen LogP contribution in [0.5, 0.6) is 0 Å². The number of H-pyrrole nitrogens is 1. The Morgan fingerprint density at radius 1 is 1.58 bits per heavy atom. The molecule has 0 saturated heterocycles. The number of rotatable bonds is 4. The summed E-state index contributed by atoms with van der Waals surface area (Å²) in [5.41, 5.74) is 11.1. The second kappa shape index (κ2) is 4.06. The molecular formula is C7H15N5. The number of aromatic amines is 1. The van der Waals surface area contributed by atoms with Gasteiger partial charge in [0.15, 0.2) is 0 Å². The first kappa shape index (κ1) is 8.99. The Morgan fingerprint density at radius 2 is 2.33 bits per heavy atom. The summed E-state index contributed by atoms with van der Waals surface area (Å²) < 4.78 is 0. The van der Waals surface area contributed by atoms with Crippen LogP contribution in [0.15, 0.2) is 0 Å². The molecule has 1 rings (SSSR count). The molecule has 1 heterocycles. The molecule has 12 heavy (non-hydrogen) atoms. The van der Waals surface area contributed by atoms with Crippen molar-refractivity contribution in [1.82, 2.24) is 15.2 Å². The molecule has 0 fully saturated rings. The van der Waals surface area contributed by atoms with Gasteiger partial charge >= 0.3 is 0 Å². The standard InChI is InChI=1S/C7H15N5/c1-2-3-4-5(8)6-10-7(9)12-11-6/h5H,2-4,8H2,1H3,(H3,9,10,11,12)/t5-/m0/s1. The molecule has 0 aliphatic heterocycles. The van der Waals surface area contributed by atoms with E-state index in [1.165, 1.54) is 0 Å².